The Bertz CT molecular complexity index is 497. The molecule has 2 rings (SSSR count). The summed E-state index contributed by atoms with van der Waals surface area (Å²) in [6, 6.07) is 10.6. The molecule has 0 spiro atoms. The molecular weight excluding hydrogens is 443 g/mol. The number of hydrogen-bond donors (Lipinski definition) is 2. The zero-order valence-electron chi connectivity index (χ0n) is 15.7. The smallest absolute Gasteiger partial charge is 0.191 e. The van der Waals surface area contributed by atoms with Crippen LogP contribution in [0.15, 0.2) is 40.2 Å². The summed E-state index contributed by atoms with van der Waals surface area (Å²) in [5, 5.41) is 7.45. The summed E-state index contributed by atoms with van der Waals surface area (Å²) in [6.45, 7) is 10.1. The summed E-state index contributed by atoms with van der Waals surface area (Å²) in [5.41, 5.74) is 0. The van der Waals surface area contributed by atoms with Crippen LogP contribution >= 0.6 is 35.7 Å². The molecule has 4 nitrogen and oxygen atoms in total. The van der Waals surface area contributed by atoms with Gasteiger partial charge in [0.1, 0.15) is 0 Å². The molecule has 0 bridgehead atoms. The van der Waals surface area contributed by atoms with E-state index in [9.17, 15) is 0 Å². The van der Waals surface area contributed by atoms with E-state index in [1.165, 1.54) is 37.4 Å². The lowest BCUT2D eigenvalue weighted by Crippen LogP contribution is -2.42. The summed E-state index contributed by atoms with van der Waals surface area (Å²) >= 11 is 1.89. The van der Waals surface area contributed by atoms with Crippen LogP contribution in [-0.2, 0) is 0 Å². The average molecular weight is 476 g/mol. The summed E-state index contributed by atoms with van der Waals surface area (Å²) in [4.78, 5) is 8.24. The second kappa shape index (κ2) is 12.8. The van der Waals surface area contributed by atoms with Crippen molar-refractivity contribution in [1.82, 2.24) is 15.5 Å². The highest BCUT2D eigenvalue weighted by Crippen LogP contribution is 2.21. The van der Waals surface area contributed by atoms with Gasteiger partial charge in [0.25, 0.3) is 0 Å². The molecule has 1 aromatic rings. The SMILES string of the molecule is CCCN1CCC(CNC(=NC)NCC(C)Sc2ccccc2)C1.I. The van der Waals surface area contributed by atoms with E-state index in [4.69, 9.17) is 0 Å². The highest BCUT2D eigenvalue weighted by Gasteiger charge is 2.21. The number of likely N-dealkylation sites (tertiary alicyclic amines) is 1. The Balaban J connectivity index is 0.00000312. The molecule has 1 aliphatic rings. The first kappa shape index (κ1) is 22.6. The molecular formula is C19H33IN4S. The van der Waals surface area contributed by atoms with Crippen molar-refractivity contribution >= 4 is 41.7 Å². The molecule has 0 amide bonds. The molecule has 0 saturated carbocycles. The molecule has 2 unspecified atom stereocenters. The van der Waals surface area contributed by atoms with Crippen LogP contribution in [0.25, 0.3) is 0 Å². The van der Waals surface area contributed by atoms with Crippen LogP contribution in [0.4, 0.5) is 0 Å². The standard InChI is InChI=1S/C19H32N4S.HI/c1-4-11-23-12-10-17(15-23)14-22-19(20-3)21-13-16(2)24-18-8-6-5-7-9-18;/h5-9,16-17H,4,10-15H2,1-3H3,(H2,20,21,22);1H. The van der Waals surface area contributed by atoms with Gasteiger partial charge in [0.05, 0.1) is 0 Å². The van der Waals surface area contributed by atoms with Crippen LogP contribution in [0.1, 0.15) is 26.7 Å². The lowest BCUT2D eigenvalue weighted by Gasteiger charge is -2.18. The third-order valence-corrected chi connectivity index (χ3v) is 5.44. The molecule has 2 atom stereocenters. The van der Waals surface area contributed by atoms with E-state index in [0.717, 1.165) is 25.0 Å². The van der Waals surface area contributed by atoms with Gasteiger partial charge in [0.15, 0.2) is 5.96 Å². The summed E-state index contributed by atoms with van der Waals surface area (Å²) in [5.74, 6) is 1.66. The van der Waals surface area contributed by atoms with Crippen molar-refractivity contribution in [2.24, 2.45) is 10.9 Å². The minimum absolute atomic E-state index is 0. The highest BCUT2D eigenvalue weighted by atomic mass is 127. The Kier molecular flexibility index (Phi) is 11.6. The second-order valence-corrected chi connectivity index (χ2v) is 8.04. The predicted octanol–water partition coefficient (Wildman–Crippen LogP) is 3.68. The van der Waals surface area contributed by atoms with Gasteiger partial charge in [0, 0.05) is 36.8 Å². The number of rotatable bonds is 8. The molecule has 6 heteroatoms. The fourth-order valence-electron chi connectivity index (χ4n) is 3.07. The number of halogens is 1. The fraction of sp³-hybridized carbons (Fsp3) is 0.632. The van der Waals surface area contributed by atoms with Crippen LogP contribution in [-0.4, -0.2) is 55.9 Å². The van der Waals surface area contributed by atoms with Crippen molar-refractivity contribution in [2.45, 2.75) is 36.8 Å². The Morgan fingerprint density at radius 2 is 2.08 bits per heavy atom. The number of guanidine groups is 1. The summed E-state index contributed by atoms with van der Waals surface area (Å²) in [6.07, 6.45) is 2.55. The van der Waals surface area contributed by atoms with E-state index in [1.807, 2.05) is 18.8 Å². The summed E-state index contributed by atoms with van der Waals surface area (Å²) < 4.78 is 0. The van der Waals surface area contributed by atoms with E-state index >= 15 is 0 Å². The van der Waals surface area contributed by atoms with Crippen molar-refractivity contribution in [3.63, 3.8) is 0 Å². The molecule has 1 aromatic carbocycles. The van der Waals surface area contributed by atoms with Gasteiger partial charge in [-0.05, 0) is 44.0 Å². The van der Waals surface area contributed by atoms with Crippen molar-refractivity contribution in [3.05, 3.63) is 30.3 Å². The van der Waals surface area contributed by atoms with Gasteiger partial charge in [-0.1, -0.05) is 32.0 Å². The normalized spacial score (nSPS) is 19.3. The number of aliphatic imine (C=N–C) groups is 1. The maximum absolute atomic E-state index is 4.35. The number of benzene rings is 1. The van der Waals surface area contributed by atoms with Gasteiger partial charge < -0.3 is 15.5 Å². The zero-order valence-corrected chi connectivity index (χ0v) is 18.8. The molecule has 0 aliphatic carbocycles. The van der Waals surface area contributed by atoms with Crippen molar-refractivity contribution in [2.75, 3.05) is 39.8 Å². The van der Waals surface area contributed by atoms with E-state index in [2.05, 4.69) is 64.7 Å². The molecule has 1 fully saturated rings. The molecule has 2 N–H and O–H groups in total. The van der Waals surface area contributed by atoms with E-state index in [-0.39, 0.29) is 24.0 Å². The van der Waals surface area contributed by atoms with Gasteiger partial charge >= 0.3 is 0 Å². The first-order valence-electron chi connectivity index (χ1n) is 9.09. The van der Waals surface area contributed by atoms with E-state index in [0.29, 0.717) is 5.25 Å². The molecule has 25 heavy (non-hydrogen) atoms. The second-order valence-electron chi connectivity index (χ2n) is 6.53. The zero-order chi connectivity index (χ0) is 17.2. The summed E-state index contributed by atoms with van der Waals surface area (Å²) in [7, 11) is 1.85. The van der Waals surface area contributed by atoms with Gasteiger partial charge in [-0.25, -0.2) is 0 Å². The monoisotopic (exact) mass is 476 g/mol. The first-order valence-corrected chi connectivity index (χ1v) is 9.97. The number of nitrogens with zero attached hydrogens (tertiary/aromatic N) is 2. The molecule has 1 heterocycles. The Labute approximate surface area is 174 Å². The molecule has 1 saturated heterocycles. The third-order valence-electron chi connectivity index (χ3n) is 4.33. The lowest BCUT2D eigenvalue weighted by atomic mass is 10.1. The predicted molar refractivity (Wildman–Crippen MR) is 121 cm³/mol. The van der Waals surface area contributed by atoms with Gasteiger partial charge in [-0.15, -0.1) is 35.7 Å². The first-order chi connectivity index (χ1) is 11.7. The maximum atomic E-state index is 4.35. The van der Waals surface area contributed by atoms with Gasteiger partial charge in [-0.2, -0.15) is 0 Å². The highest BCUT2D eigenvalue weighted by molar-refractivity contribution is 14.0. The lowest BCUT2D eigenvalue weighted by molar-refractivity contribution is 0.324. The molecule has 0 aromatic heterocycles. The van der Waals surface area contributed by atoms with Crippen LogP contribution in [0, 0.1) is 5.92 Å². The van der Waals surface area contributed by atoms with E-state index in [1.54, 1.807) is 0 Å². The topological polar surface area (TPSA) is 39.7 Å². The van der Waals surface area contributed by atoms with Gasteiger partial charge in [0.2, 0.25) is 0 Å². The molecule has 1 aliphatic heterocycles. The maximum Gasteiger partial charge on any atom is 0.191 e. The van der Waals surface area contributed by atoms with Crippen molar-refractivity contribution in [1.29, 1.82) is 0 Å². The fourth-order valence-corrected chi connectivity index (χ4v) is 4.02. The molecule has 142 valence electrons. The third kappa shape index (κ3) is 8.64. The minimum atomic E-state index is 0. The Hall–Kier alpha value is -0.470. The number of nitrogens with one attached hydrogen (secondary N) is 2. The Morgan fingerprint density at radius 1 is 1.32 bits per heavy atom. The average Bonchev–Trinajstić information content (AvgIpc) is 3.04. The Morgan fingerprint density at radius 3 is 2.76 bits per heavy atom. The number of thioether (sulfide) groups is 1. The van der Waals surface area contributed by atoms with Gasteiger partial charge in [-0.3, -0.25) is 4.99 Å². The minimum Gasteiger partial charge on any atom is -0.356 e. The van der Waals surface area contributed by atoms with Crippen LogP contribution < -0.4 is 10.6 Å². The van der Waals surface area contributed by atoms with Crippen LogP contribution in [0.3, 0.4) is 0 Å². The number of hydrogen-bond acceptors (Lipinski definition) is 3. The van der Waals surface area contributed by atoms with E-state index < -0.39 is 0 Å². The molecule has 0 radical (unpaired) electrons. The van der Waals surface area contributed by atoms with Crippen LogP contribution in [0.2, 0.25) is 0 Å². The van der Waals surface area contributed by atoms with Crippen molar-refractivity contribution < 1.29 is 0 Å². The largest absolute Gasteiger partial charge is 0.356 e. The van der Waals surface area contributed by atoms with Crippen molar-refractivity contribution in [3.8, 4) is 0 Å². The quantitative estimate of drug-likeness (QED) is 0.260. The van der Waals surface area contributed by atoms with Crippen LogP contribution in [0.5, 0.6) is 0 Å².